The molecule has 0 unspecified atom stereocenters. The zero-order chi connectivity index (χ0) is 15.6. The van der Waals surface area contributed by atoms with E-state index in [9.17, 15) is 4.79 Å². The molecule has 1 aromatic rings. The van der Waals surface area contributed by atoms with Crippen molar-refractivity contribution < 1.29 is 19.2 Å². The molecule has 1 aromatic heterocycles. The number of quaternary nitrogens is 1. The summed E-state index contributed by atoms with van der Waals surface area (Å²) in [5.41, 5.74) is 0. The Bertz CT molecular complexity index is 470. The molecule has 1 saturated heterocycles. The quantitative estimate of drug-likeness (QED) is 0.445. The molecule has 1 aliphatic heterocycles. The smallest absolute Gasteiger partial charge is 0.291 e. The second-order valence-corrected chi connectivity index (χ2v) is 5.96. The standard InChI is InChI=1S/C15H23N3O3S/c1-2-21-15(17-14(19)13-5-3-12-22-13)16-6-4-7-18-8-10-20-11-9-18/h3,5,12H,2,4,6-11H2,1H3,(H,16,17,19)/p+1. The van der Waals surface area contributed by atoms with Crippen LogP contribution in [0.2, 0.25) is 0 Å². The Balaban J connectivity index is 1.75. The molecule has 0 radical (unpaired) electrons. The van der Waals surface area contributed by atoms with E-state index in [0.29, 0.717) is 24.1 Å². The summed E-state index contributed by atoms with van der Waals surface area (Å²) in [5.74, 6) is -0.166. The lowest BCUT2D eigenvalue weighted by molar-refractivity contribution is -0.908. The second-order valence-electron chi connectivity index (χ2n) is 5.02. The molecule has 0 aromatic carbocycles. The van der Waals surface area contributed by atoms with Crippen LogP contribution in [0.25, 0.3) is 0 Å². The third kappa shape index (κ3) is 5.75. The molecule has 6 nitrogen and oxygen atoms in total. The van der Waals surface area contributed by atoms with Gasteiger partial charge in [-0.3, -0.25) is 10.1 Å². The average Bonchev–Trinajstić information content (AvgIpc) is 3.07. The topological polar surface area (TPSA) is 64.4 Å². The van der Waals surface area contributed by atoms with Crippen molar-refractivity contribution in [2.75, 3.05) is 46.0 Å². The number of hydrogen-bond acceptors (Lipinski definition) is 5. The van der Waals surface area contributed by atoms with E-state index in [0.717, 1.165) is 39.3 Å². The van der Waals surface area contributed by atoms with Gasteiger partial charge in [0, 0.05) is 13.0 Å². The predicted molar refractivity (Wildman–Crippen MR) is 86.7 cm³/mol. The molecule has 1 fully saturated rings. The highest BCUT2D eigenvalue weighted by Gasteiger charge is 2.13. The maximum absolute atomic E-state index is 12.0. The Morgan fingerprint density at radius 2 is 2.32 bits per heavy atom. The van der Waals surface area contributed by atoms with Crippen LogP contribution in [0.3, 0.4) is 0 Å². The third-order valence-corrected chi connectivity index (χ3v) is 4.26. The van der Waals surface area contributed by atoms with Gasteiger partial charge in [0.1, 0.15) is 13.1 Å². The minimum Gasteiger partial charge on any atom is -0.465 e. The number of amidine groups is 1. The first-order valence-corrected chi connectivity index (χ1v) is 8.61. The molecule has 0 atom stereocenters. The number of carbonyl (C=O) groups excluding carboxylic acids is 1. The summed E-state index contributed by atoms with van der Waals surface area (Å²) in [4.78, 5) is 18.6. The van der Waals surface area contributed by atoms with Crippen molar-refractivity contribution in [1.29, 1.82) is 0 Å². The number of hydrogen-bond donors (Lipinski definition) is 2. The van der Waals surface area contributed by atoms with Crippen molar-refractivity contribution in [3.8, 4) is 0 Å². The summed E-state index contributed by atoms with van der Waals surface area (Å²) in [6.07, 6.45) is 0.973. The number of amides is 1. The van der Waals surface area contributed by atoms with E-state index in [-0.39, 0.29) is 5.91 Å². The lowest BCUT2D eigenvalue weighted by atomic mass is 10.3. The Morgan fingerprint density at radius 1 is 1.50 bits per heavy atom. The number of rotatable bonds is 6. The Kier molecular flexibility index (Phi) is 7.35. The summed E-state index contributed by atoms with van der Waals surface area (Å²) in [7, 11) is 0. The Morgan fingerprint density at radius 3 is 3.00 bits per heavy atom. The Labute approximate surface area is 135 Å². The van der Waals surface area contributed by atoms with Crippen LogP contribution in [0.1, 0.15) is 23.0 Å². The van der Waals surface area contributed by atoms with E-state index in [1.54, 1.807) is 11.0 Å². The van der Waals surface area contributed by atoms with Crippen LogP contribution in [0.15, 0.2) is 22.5 Å². The van der Waals surface area contributed by atoms with Crippen LogP contribution < -0.4 is 10.2 Å². The fourth-order valence-electron chi connectivity index (χ4n) is 2.24. The van der Waals surface area contributed by atoms with Crippen LogP contribution in [0, 0.1) is 0 Å². The zero-order valence-corrected chi connectivity index (χ0v) is 13.8. The fourth-order valence-corrected chi connectivity index (χ4v) is 2.86. The lowest BCUT2D eigenvalue weighted by Crippen LogP contribution is -3.14. The number of aliphatic imine (C=N–C) groups is 1. The average molecular weight is 326 g/mol. The van der Waals surface area contributed by atoms with E-state index in [4.69, 9.17) is 9.47 Å². The molecule has 0 bridgehead atoms. The molecule has 0 saturated carbocycles. The van der Waals surface area contributed by atoms with Crippen LogP contribution in [-0.2, 0) is 9.47 Å². The fraction of sp³-hybridized carbons (Fsp3) is 0.600. The van der Waals surface area contributed by atoms with Gasteiger partial charge >= 0.3 is 0 Å². The molecule has 2 heterocycles. The van der Waals surface area contributed by atoms with Gasteiger partial charge in [0.05, 0.1) is 31.2 Å². The molecule has 2 rings (SSSR count). The molecule has 1 aliphatic rings. The maximum Gasteiger partial charge on any atom is 0.291 e. The van der Waals surface area contributed by atoms with E-state index in [1.807, 2.05) is 18.4 Å². The molecule has 0 spiro atoms. The zero-order valence-electron chi connectivity index (χ0n) is 13.0. The van der Waals surface area contributed by atoms with E-state index >= 15 is 0 Å². The SMILES string of the molecule is CCOC(=NCCC[NH+]1CCOCC1)NC(=O)c1cccs1. The van der Waals surface area contributed by atoms with Gasteiger partial charge in [-0.2, -0.15) is 0 Å². The van der Waals surface area contributed by atoms with Crippen molar-refractivity contribution in [2.24, 2.45) is 4.99 Å². The largest absolute Gasteiger partial charge is 0.465 e. The van der Waals surface area contributed by atoms with Crippen molar-refractivity contribution in [1.82, 2.24) is 5.32 Å². The minimum absolute atomic E-state index is 0.166. The van der Waals surface area contributed by atoms with E-state index in [1.165, 1.54) is 11.3 Å². The third-order valence-electron chi connectivity index (χ3n) is 3.39. The first kappa shape index (κ1) is 16.9. The molecule has 7 heteroatoms. The maximum atomic E-state index is 12.0. The number of morpholine rings is 1. The van der Waals surface area contributed by atoms with Gasteiger partial charge < -0.3 is 14.4 Å². The number of carbonyl (C=O) groups is 1. The first-order valence-electron chi connectivity index (χ1n) is 7.73. The minimum atomic E-state index is -0.166. The molecule has 2 N–H and O–H groups in total. The van der Waals surface area contributed by atoms with Crippen LogP contribution in [0.5, 0.6) is 0 Å². The Hall–Kier alpha value is -1.44. The highest BCUT2D eigenvalue weighted by Crippen LogP contribution is 2.07. The molecule has 22 heavy (non-hydrogen) atoms. The molecule has 0 aliphatic carbocycles. The molecule has 1 amide bonds. The number of ether oxygens (including phenoxy) is 2. The van der Waals surface area contributed by atoms with Gasteiger partial charge in [0.2, 0.25) is 0 Å². The van der Waals surface area contributed by atoms with Gasteiger partial charge in [0.25, 0.3) is 11.9 Å². The van der Waals surface area contributed by atoms with Gasteiger partial charge in [0.15, 0.2) is 0 Å². The number of nitrogens with one attached hydrogen (secondary N) is 2. The molecular weight excluding hydrogens is 302 g/mol. The van der Waals surface area contributed by atoms with Gasteiger partial charge in [-0.15, -0.1) is 11.3 Å². The monoisotopic (exact) mass is 326 g/mol. The summed E-state index contributed by atoms with van der Waals surface area (Å²) in [6, 6.07) is 3.95. The van der Waals surface area contributed by atoms with Gasteiger partial charge in [-0.05, 0) is 18.4 Å². The lowest BCUT2D eigenvalue weighted by Gasteiger charge is -2.23. The summed E-state index contributed by atoms with van der Waals surface area (Å²) < 4.78 is 10.7. The number of thiophene rings is 1. The highest BCUT2D eigenvalue weighted by molar-refractivity contribution is 7.12. The van der Waals surface area contributed by atoms with Crippen LogP contribution in [-0.4, -0.2) is 57.9 Å². The first-order chi connectivity index (χ1) is 10.8. The predicted octanol–water partition coefficient (Wildman–Crippen LogP) is 0.176. The van der Waals surface area contributed by atoms with Crippen molar-refractivity contribution in [3.05, 3.63) is 22.4 Å². The highest BCUT2D eigenvalue weighted by atomic mass is 32.1. The molecular formula is C15H24N3O3S+. The summed E-state index contributed by atoms with van der Waals surface area (Å²) in [6.45, 7) is 7.92. The second kappa shape index (κ2) is 9.55. The van der Waals surface area contributed by atoms with Crippen molar-refractivity contribution in [2.45, 2.75) is 13.3 Å². The van der Waals surface area contributed by atoms with E-state index in [2.05, 4.69) is 10.3 Å². The van der Waals surface area contributed by atoms with Crippen molar-refractivity contribution in [3.63, 3.8) is 0 Å². The van der Waals surface area contributed by atoms with Crippen molar-refractivity contribution >= 4 is 23.3 Å². The van der Waals surface area contributed by atoms with E-state index < -0.39 is 0 Å². The molecule has 122 valence electrons. The van der Waals surface area contributed by atoms with Gasteiger partial charge in [-0.1, -0.05) is 6.07 Å². The normalized spacial score (nSPS) is 16.5. The number of nitrogens with zero attached hydrogens (tertiary/aromatic N) is 1. The van der Waals surface area contributed by atoms with Gasteiger partial charge in [-0.25, -0.2) is 4.99 Å². The van der Waals surface area contributed by atoms with Crippen LogP contribution in [0.4, 0.5) is 0 Å². The summed E-state index contributed by atoms with van der Waals surface area (Å²) >= 11 is 1.40. The van der Waals surface area contributed by atoms with Crippen LogP contribution >= 0.6 is 11.3 Å². The summed E-state index contributed by atoms with van der Waals surface area (Å²) in [5, 5.41) is 4.60.